The molecule has 5 heteroatoms. The van der Waals surface area contributed by atoms with Crippen LogP contribution in [-0.4, -0.2) is 24.4 Å². The van der Waals surface area contributed by atoms with Crippen molar-refractivity contribution in [2.75, 3.05) is 16.8 Å². The Kier molecular flexibility index (Phi) is 4.62. The molecular formula is C19H21N3O2. The van der Waals surface area contributed by atoms with Crippen molar-refractivity contribution in [3.05, 3.63) is 60.2 Å². The zero-order valence-electron chi connectivity index (χ0n) is 13.8. The minimum Gasteiger partial charge on any atom is -0.323 e. The maximum absolute atomic E-state index is 12.9. The fourth-order valence-corrected chi connectivity index (χ4v) is 2.95. The first-order chi connectivity index (χ1) is 11.6. The van der Waals surface area contributed by atoms with Crippen LogP contribution in [0.3, 0.4) is 0 Å². The summed E-state index contributed by atoms with van der Waals surface area (Å²) in [5, 5.41) is 6.11. The molecule has 0 saturated carbocycles. The van der Waals surface area contributed by atoms with Gasteiger partial charge in [0.25, 0.3) is 0 Å². The summed E-state index contributed by atoms with van der Waals surface area (Å²) in [6.45, 7) is 3.90. The number of carbonyl (C=O) groups is 2. The van der Waals surface area contributed by atoms with E-state index in [0.717, 1.165) is 11.3 Å². The van der Waals surface area contributed by atoms with Gasteiger partial charge in [-0.1, -0.05) is 42.5 Å². The molecule has 124 valence electrons. The van der Waals surface area contributed by atoms with Crippen LogP contribution in [0.4, 0.5) is 11.4 Å². The molecule has 2 N–H and O–H groups in total. The maximum atomic E-state index is 12.9. The molecule has 1 aliphatic heterocycles. The highest BCUT2D eigenvalue weighted by atomic mass is 16.2. The number of nitrogens with zero attached hydrogens (tertiary/aromatic N) is 1. The molecule has 2 aromatic carbocycles. The topological polar surface area (TPSA) is 61.4 Å². The van der Waals surface area contributed by atoms with Crippen molar-refractivity contribution in [1.29, 1.82) is 0 Å². The Morgan fingerprint density at radius 1 is 1.08 bits per heavy atom. The van der Waals surface area contributed by atoms with E-state index in [9.17, 15) is 9.59 Å². The van der Waals surface area contributed by atoms with Crippen LogP contribution in [0.5, 0.6) is 0 Å². The standard InChI is InChI=1S/C19H21N3O2/c1-13(15-8-4-3-5-9-15)20-14(2)19(24)22-12-18(23)21-16-10-6-7-11-17(16)22/h3-11,13-14,20H,12H2,1-2H3,(H,21,23)/t13-,14+/m0/s1. The second-order valence-electron chi connectivity index (χ2n) is 6.01. The Bertz CT molecular complexity index is 745. The minimum absolute atomic E-state index is 0.0408. The second kappa shape index (κ2) is 6.84. The smallest absolute Gasteiger partial charge is 0.244 e. The fourth-order valence-electron chi connectivity index (χ4n) is 2.95. The number of fused-ring (bicyclic) bond motifs is 1. The van der Waals surface area contributed by atoms with Gasteiger partial charge in [-0.25, -0.2) is 0 Å². The van der Waals surface area contributed by atoms with E-state index in [1.165, 1.54) is 0 Å². The highest BCUT2D eigenvalue weighted by Crippen LogP contribution is 2.29. The van der Waals surface area contributed by atoms with E-state index in [-0.39, 0.29) is 24.4 Å². The molecule has 3 rings (SSSR count). The average molecular weight is 323 g/mol. The first-order valence-corrected chi connectivity index (χ1v) is 8.07. The number of anilines is 2. The van der Waals surface area contributed by atoms with Crippen LogP contribution in [-0.2, 0) is 9.59 Å². The molecule has 0 aliphatic carbocycles. The number of carbonyl (C=O) groups excluding carboxylic acids is 2. The zero-order valence-corrected chi connectivity index (χ0v) is 13.8. The van der Waals surface area contributed by atoms with Crippen LogP contribution >= 0.6 is 0 Å². The Balaban J connectivity index is 1.75. The van der Waals surface area contributed by atoms with Crippen LogP contribution in [0, 0.1) is 0 Å². The summed E-state index contributed by atoms with van der Waals surface area (Å²) >= 11 is 0. The van der Waals surface area contributed by atoms with Crippen molar-refractivity contribution in [3.63, 3.8) is 0 Å². The van der Waals surface area contributed by atoms with Gasteiger partial charge >= 0.3 is 0 Å². The SMILES string of the molecule is C[C@H](N[C@H](C)C(=O)N1CC(=O)Nc2ccccc21)c1ccccc1. The van der Waals surface area contributed by atoms with Crippen LogP contribution in [0.15, 0.2) is 54.6 Å². The highest BCUT2D eigenvalue weighted by Gasteiger charge is 2.30. The molecule has 0 unspecified atom stereocenters. The summed E-state index contributed by atoms with van der Waals surface area (Å²) in [5.41, 5.74) is 2.53. The highest BCUT2D eigenvalue weighted by molar-refractivity contribution is 6.11. The number of hydrogen-bond acceptors (Lipinski definition) is 3. The lowest BCUT2D eigenvalue weighted by atomic mass is 10.1. The van der Waals surface area contributed by atoms with Crippen LogP contribution in [0.2, 0.25) is 0 Å². The number of hydrogen-bond donors (Lipinski definition) is 2. The van der Waals surface area contributed by atoms with Crippen LogP contribution in [0.1, 0.15) is 25.5 Å². The average Bonchev–Trinajstić information content (AvgIpc) is 2.61. The van der Waals surface area contributed by atoms with Gasteiger partial charge in [0.1, 0.15) is 6.54 Å². The summed E-state index contributed by atoms with van der Waals surface area (Å²) < 4.78 is 0. The lowest BCUT2D eigenvalue weighted by Crippen LogP contribution is -2.50. The first-order valence-electron chi connectivity index (χ1n) is 8.07. The summed E-state index contributed by atoms with van der Waals surface area (Å²) in [5.74, 6) is -0.287. The summed E-state index contributed by atoms with van der Waals surface area (Å²) in [7, 11) is 0. The molecule has 24 heavy (non-hydrogen) atoms. The lowest BCUT2D eigenvalue weighted by Gasteiger charge is -2.32. The van der Waals surface area contributed by atoms with Crippen LogP contribution in [0.25, 0.3) is 0 Å². The fraction of sp³-hybridized carbons (Fsp3) is 0.263. The minimum atomic E-state index is -0.404. The van der Waals surface area contributed by atoms with Crippen LogP contribution < -0.4 is 15.5 Å². The lowest BCUT2D eigenvalue weighted by molar-refractivity contribution is -0.123. The molecule has 0 aromatic heterocycles. The van der Waals surface area contributed by atoms with Crippen molar-refractivity contribution < 1.29 is 9.59 Å². The van der Waals surface area contributed by atoms with E-state index < -0.39 is 6.04 Å². The van der Waals surface area contributed by atoms with Gasteiger partial charge in [0.15, 0.2) is 0 Å². The molecule has 0 bridgehead atoms. The molecule has 1 aliphatic rings. The van der Waals surface area contributed by atoms with Gasteiger partial charge in [-0.2, -0.15) is 0 Å². The van der Waals surface area contributed by atoms with Crippen molar-refractivity contribution >= 4 is 23.2 Å². The Morgan fingerprint density at radius 2 is 1.75 bits per heavy atom. The summed E-state index contributed by atoms with van der Waals surface area (Å²) in [6.07, 6.45) is 0. The van der Waals surface area contributed by atoms with Gasteiger partial charge in [-0.3, -0.25) is 19.8 Å². The zero-order chi connectivity index (χ0) is 17.1. The van der Waals surface area contributed by atoms with Crippen molar-refractivity contribution in [3.8, 4) is 0 Å². The van der Waals surface area contributed by atoms with Crippen molar-refractivity contribution in [1.82, 2.24) is 5.32 Å². The van der Waals surface area contributed by atoms with Gasteiger partial charge in [-0.15, -0.1) is 0 Å². The van der Waals surface area contributed by atoms with Gasteiger partial charge in [-0.05, 0) is 31.5 Å². The monoisotopic (exact) mass is 323 g/mol. The Morgan fingerprint density at radius 3 is 2.50 bits per heavy atom. The molecule has 2 atom stereocenters. The van der Waals surface area contributed by atoms with E-state index in [1.54, 1.807) is 11.0 Å². The summed E-state index contributed by atoms with van der Waals surface area (Å²) in [4.78, 5) is 26.3. The third-order valence-corrected chi connectivity index (χ3v) is 4.21. The number of para-hydroxylation sites is 2. The molecule has 1 heterocycles. The normalized spacial score (nSPS) is 16.1. The van der Waals surface area contributed by atoms with Crippen molar-refractivity contribution in [2.45, 2.75) is 25.9 Å². The largest absolute Gasteiger partial charge is 0.323 e. The summed E-state index contributed by atoms with van der Waals surface area (Å²) in [6, 6.07) is 17.0. The molecule has 5 nitrogen and oxygen atoms in total. The Hall–Kier alpha value is -2.66. The van der Waals surface area contributed by atoms with E-state index in [2.05, 4.69) is 10.6 Å². The molecule has 0 spiro atoms. The van der Waals surface area contributed by atoms with Crippen molar-refractivity contribution in [2.24, 2.45) is 0 Å². The molecule has 2 amide bonds. The van der Waals surface area contributed by atoms with E-state index >= 15 is 0 Å². The molecular weight excluding hydrogens is 302 g/mol. The van der Waals surface area contributed by atoms with Gasteiger partial charge < -0.3 is 5.32 Å². The molecule has 0 radical (unpaired) electrons. The molecule has 2 aromatic rings. The quantitative estimate of drug-likeness (QED) is 0.909. The van der Waals surface area contributed by atoms with E-state index in [4.69, 9.17) is 0 Å². The van der Waals surface area contributed by atoms with Gasteiger partial charge in [0, 0.05) is 6.04 Å². The predicted molar refractivity (Wildman–Crippen MR) is 94.9 cm³/mol. The maximum Gasteiger partial charge on any atom is 0.244 e. The third-order valence-electron chi connectivity index (χ3n) is 4.21. The second-order valence-corrected chi connectivity index (χ2v) is 6.01. The van der Waals surface area contributed by atoms with E-state index in [1.807, 2.05) is 62.4 Å². The number of benzene rings is 2. The third kappa shape index (κ3) is 3.31. The number of nitrogens with one attached hydrogen (secondary N) is 2. The van der Waals surface area contributed by atoms with Gasteiger partial charge in [0.2, 0.25) is 11.8 Å². The number of rotatable bonds is 4. The Labute approximate surface area is 141 Å². The first kappa shape index (κ1) is 16.2. The molecule has 0 fully saturated rings. The van der Waals surface area contributed by atoms with Gasteiger partial charge in [0.05, 0.1) is 17.4 Å². The van der Waals surface area contributed by atoms with E-state index in [0.29, 0.717) is 5.69 Å². The number of amides is 2. The predicted octanol–water partition coefficient (Wildman–Crippen LogP) is 2.71. The molecule has 0 saturated heterocycles.